The molecule has 0 aliphatic carbocycles. The highest BCUT2D eigenvalue weighted by molar-refractivity contribution is 5.91. The van der Waals surface area contributed by atoms with E-state index in [4.69, 9.17) is 0 Å². The smallest absolute Gasteiger partial charge is 0.319 e. The second-order valence-electron chi connectivity index (χ2n) is 6.33. The topological polar surface area (TPSA) is 44.4 Å². The van der Waals surface area contributed by atoms with Crippen LogP contribution < -0.4 is 10.6 Å². The molecule has 2 amide bonds. The van der Waals surface area contributed by atoms with E-state index in [1.165, 1.54) is 12.1 Å². The molecule has 0 aliphatic rings. The highest BCUT2D eigenvalue weighted by Crippen LogP contribution is 2.21. The number of amides is 2. The van der Waals surface area contributed by atoms with Crippen LogP contribution in [0.15, 0.2) is 42.5 Å². The van der Waals surface area contributed by atoms with Crippen LogP contribution in [-0.2, 0) is 6.42 Å². The zero-order valence-electron chi connectivity index (χ0n) is 15.3. The van der Waals surface area contributed by atoms with Crippen LogP contribution in [0.4, 0.5) is 14.9 Å². The molecule has 0 aromatic heterocycles. The second-order valence-corrected chi connectivity index (χ2v) is 6.33. The Bertz CT molecular complexity index is 713. The Hall–Kier alpha value is -2.40. The largest absolute Gasteiger partial charge is 0.336 e. The summed E-state index contributed by atoms with van der Waals surface area (Å²) in [4.78, 5) is 14.3. The van der Waals surface area contributed by atoms with Gasteiger partial charge in [0.05, 0.1) is 6.04 Å². The first-order valence-corrected chi connectivity index (χ1v) is 8.47. The summed E-state index contributed by atoms with van der Waals surface area (Å²) >= 11 is 0. The van der Waals surface area contributed by atoms with Crippen LogP contribution in [-0.4, -0.2) is 31.6 Å². The molecule has 1 unspecified atom stereocenters. The molecule has 4 nitrogen and oxygen atoms in total. The molecule has 2 N–H and O–H groups in total. The number of carbonyl (C=O) groups excluding carboxylic acids is 1. The molecule has 0 bridgehead atoms. The van der Waals surface area contributed by atoms with Crippen molar-refractivity contribution in [3.63, 3.8) is 0 Å². The van der Waals surface area contributed by atoms with E-state index in [1.807, 2.05) is 44.1 Å². The minimum atomic E-state index is -0.265. The van der Waals surface area contributed by atoms with Crippen LogP contribution in [0.2, 0.25) is 0 Å². The molecule has 2 aromatic rings. The quantitative estimate of drug-likeness (QED) is 0.829. The van der Waals surface area contributed by atoms with E-state index >= 15 is 0 Å². The van der Waals surface area contributed by atoms with Crippen molar-refractivity contribution < 1.29 is 9.18 Å². The summed E-state index contributed by atoms with van der Waals surface area (Å²) in [5.41, 5.74) is 3.97. The standard InChI is InChI=1S/C20H26FN3O/c1-5-15-8-6-7-14(2)19(15)23-20(25)22-13-18(24(3)4)16-9-11-17(21)12-10-16/h6-12,18H,5,13H2,1-4H3,(H2,22,23,25). The van der Waals surface area contributed by atoms with E-state index < -0.39 is 0 Å². The summed E-state index contributed by atoms with van der Waals surface area (Å²) in [6.45, 7) is 4.47. The van der Waals surface area contributed by atoms with Crippen molar-refractivity contribution in [2.45, 2.75) is 26.3 Å². The molecule has 1 atom stereocenters. The SMILES string of the molecule is CCc1cccc(C)c1NC(=O)NCC(c1ccc(F)cc1)N(C)C. The van der Waals surface area contributed by atoms with E-state index in [0.29, 0.717) is 6.54 Å². The maximum absolute atomic E-state index is 13.1. The number of nitrogens with zero attached hydrogens (tertiary/aromatic N) is 1. The summed E-state index contributed by atoms with van der Waals surface area (Å²) in [5.74, 6) is -0.265. The fourth-order valence-electron chi connectivity index (χ4n) is 2.83. The van der Waals surface area contributed by atoms with Crippen molar-refractivity contribution in [3.8, 4) is 0 Å². The van der Waals surface area contributed by atoms with Gasteiger partial charge in [-0.2, -0.15) is 0 Å². The van der Waals surface area contributed by atoms with Gasteiger partial charge in [-0.1, -0.05) is 37.3 Å². The van der Waals surface area contributed by atoms with Gasteiger partial charge < -0.3 is 15.5 Å². The van der Waals surface area contributed by atoms with Gasteiger partial charge in [0.2, 0.25) is 0 Å². The number of para-hydroxylation sites is 1. The zero-order valence-corrected chi connectivity index (χ0v) is 15.3. The molecule has 5 heteroatoms. The van der Waals surface area contributed by atoms with Crippen molar-refractivity contribution in [3.05, 3.63) is 65.0 Å². The number of rotatable bonds is 6. The summed E-state index contributed by atoms with van der Waals surface area (Å²) in [7, 11) is 3.87. The minimum absolute atomic E-state index is 0.0335. The molecule has 0 fully saturated rings. The Morgan fingerprint density at radius 1 is 1.16 bits per heavy atom. The number of urea groups is 1. The number of anilines is 1. The Morgan fingerprint density at radius 2 is 1.84 bits per heavy atom. The first-order chi connectivity index (χ1) is 11.9. The summed E-state index contributed by atoms with van der Waals surface area (Å²) in [6.07, 6.45) is 0.854. The molecule has 2 aromatic carbocycles. The average Bonchev–Trinajstić information content (AvgIpc) is 2.58. The van der Waals surface area contributed by atoms with Crippen LogP contribution in [0.25, 0.3) is 0 Å². The lowest BCUT2D eigenvalue weighted by Crippen LogP contribution is -2.37. The fraction of sp³-hybridized carbons (Fsp3) is 0.350. The molecule has 2 rings (SSSR count). The van der Waals surface area contributed by atoms with Crippen LogP contribution in [0.1, 0.15) is 29.7 Å². The predicted molar refractivity (Wildman–Crippen MR) is 100 cm³/mol. The first kappa shape index (κ1) is 18.9. The highest BCUT2D eigenvalue weighted by atomic mass is 19.1. The van der Waals surface area contributed by atoms with E-state index in [9.17, 15) is 9.18 Å². The Kier molecular flexibility index (Phi) is 6.53. The average molecular weight is 343 g/mol. The number of nitrogens with one attached hydrogen (secondary N) is 2. The van der Waals surface area contributed by atoms with Crippen molar-refractivity contribution >= 4 is 11.7 Å². The number of hydrogen-bond acceptors (Lipinski definition) is 2. The van der Waals surface area contributed by atoms with Gasteiger partial charge in [0.1, 0.15) is 5.82 Å². The maximum Gasteiger partial charge on any atom is 0.319 e. The molecule has 0 radical (unpaired) electrons. The number of aryl methyl sites for hydroxylation is 2. The van der Waals surface area contributed by atoms with E-state index in [1.54, 1.807) is 12.1 Å². The normalized spacial score (nSPS) is 12.1. The Balaban J connectivity index is 2.03. The molecule has 25 heavy (non-hydrogen) atoms. The molecule has 0 spiro atoms. The van der Waals surface area contributed by atoms with Gasteiger partial charge in [0.15, 0.2) is 0 Å². The molecular formula is C20H26FN3O. The van der Waals surface area contributed by atoms with Crippen LogP contribution in [0, 0.1) is 12.7 Å². The van der Waals surface area contributed by atoms with Crippen LogP contribution >= 0.6 is 0 Å². The third-order valence-corrected chi connectivity index (χ3v) is 4.31. The van der Waals surface area contributed by atoms with E-state index in [-0.39, 0.29) is 17.9 Å². The molecule has 0 saturated carbocycles. The molecule has 0 saturated heterocycles. The van der Waals surface area contributed by atoms with Crippen LogP contribution in [0.5, 0.6) is 0 Å². The van der Waals surface area contributed by atoms with Crippen molar-refractivity contribution in [1.82, 2.24) is 10.2 Å². The minimum Gasteiger partial charge on any atom is -0.336 e. The number of hydrogen-bond donors (Lipinski definition) is 2. The lowest BCUT2D eigenvalue weighted by atomic mass is 10.1. The number of likely N-dealkylation sites (N-methyl/N-ethyl adjacent to an activating group) is 1. The van der Waals surface area contributed by atoms with Crippen LogP contribution in [0.3, 0.4) is 0 Å². The first-order valence-electron chi connectivity index (χ1n) is 8.47. The number of halogens is 1. The van der Waals surface area contributed by atoms with Gasteiger partial charge in [0, 0.05) is 12.2 Å². The Labute approximate surface area is 149 Å². The molecule has 0 heterocycles. The van der Waals surface area contributed by atoms with Gasteiger partial charge in [-0.05, 0) is 56.3 Å². The van der Waals surface area contributed by atoms with E-state index in [2.05, 4.69) is 17.6 Å². The lowest BCUT2D eigenvalue weighted by Gasteiger charge is -2.25. The third kappa shape index (κ3) is 5.03. The lowest BCUT2D eigenvalue weighted by molar-refractivity contribution is 0.243. The fourth-order valence-corrected chi connectivity index (χ4v) is 2.83. The molecule has 134 valence electrons. The number of benzene rings is 2. The van der Waals surface area contributed by atoms with Crippen molar-refractivity contribution in [2.24, 2.45) is 0 Å². The maximum atomic E-state index is 13.1. The van der Waals surface area contributed by atoms with Crippen molar-refractivity contribution in [1.29, 1.82) is 0 Å². The summed E-state index contributed by atoms with van der Waals surface area (Å²) in [6, 6.07) is 12.1. The Morgan fingerprint density at radius 3 is 2.44 bits per heavy atom. The summed E-state index contributed by atoms with van der Waals surface area (Å²) < 4.78 is 13.1. The number of carbonyl (C=O) groups is 1. The van der Waals surface area contributed by atoms with Gasteiger partial charge >= 0.3 is 6.03 Å². The second kappa shape index (κ2) is 8.62. The zero-order chi connectivity index (χ0) is 18.4. The van der Waals surface area contributed by atoms with Gasteiger partial charge in [-0.25, -0.2) is 9.18 Å². The summed E-state index contributed by atoms with van der Waals surface area (Å²) in [5, 5.41) is 5.87. The van der Waals surface area contributed by atoms with E-state index in [0.717, 1.165) is 28.8 Å². The third-order valence-electron chi connectivity index (χ3n) is 4.31. The molecular weight excluding hydrogens is 317 g/mol. The van der Waals surface area contributed by atoms with Gasteiger partial charge in [-0.3, -0.25) is 0 Å². The highest BCUT2D eigenvalue weighted by Gasteiger charge is 2.16. The monoisotopic (exact) mass is 343 g/mol. The van der Waals surface area contributed by atoms with Gasteiger partial charge in [-0.15, -0.1) is 0 Å². The van der Waals surface area contributed by atoms with Crippen molar-refractivity contribution in [2.75, 3.05) is 26.0 Å². The predicted octanol–water partition coefficient (Wildman–Crippen LogP) is 4.12. The molecule has 0 aliphatic heterocycles. The van der Waals surface area contributed by atoms with Gasteiger partial charge in [0.25, 0.3) is 0 Å².